The van der Waals surface area contributed by atoms with E-state index in [2.05, 4.69) is 4.57 Å². The van der Waals surface area contributed by atoms with Gasteiger partial charge in [0, 0.05) is 23.7 Å². The summed E-state index contributed by atoms with van der Waals surface area (Å²) in [6, 6.07) is 15.5. The molecule has 0 N–H and O–H groups in total. The van der Waals surface area contributed by atoms with Gasteiger partial charge in [-0.1, -0.05) is 30.7 Å². The third-order valence-electron chi connectivity index (χ3n) is 4.45. The summed E-state index contributed by atoms with van der Waals surface area (Å²) in [5.41, 5.74) is 2.03. The lowest BCUT2D eigenvalue weighted by molar-refractivity contribution is -0.143. The van der Waals surface area contributed by atoms with Crippen molar-refractivity contribution < 1.29 is 9.53 Å². The maximum Gasteiger partial charge on any atom is 0.305 e. The fourth-order valence-electron chi connectivity index (χ4n) is 3.27. The van der Waals surface area contributed by atoms with Crippen LogP contribution in [0.1, 0.15) is 32.6 Å². The molecule has 0 saturated carbocycles. The summed E-state index contributed by atoms with van der Waals surface area (Å²) >= 11 is 0. The standard InChI is InChI=1S/C21H23NO3/c1-2-25-20(23)14-4-3-9-15-22-18-12-7-5-10-16(18)21(24)17-11-6-8-13-19(17)22/h5-8,10-13H,2-4,9,14-15H2,1H3. The SMILES string of the molecule is CCOC(=O)CCCCCn1c2ccccc2c(=O)c2ccccc21. The topological polar surface area (TPSA) is 48.3 Å². The Morgan fingerprint density at radius 1 is 0.920 bits per heavy atom. The van der Waals surface area contributed by atoms with Crippen molar-refractivity contribution in [2.75, 3.05) is 6.61 Å². The van der Waals surface area contributed by atoms with Crippen molar-refractivity contribution in [3.05, 3.63) is 58.8 Å². The van der Waals surface area contributed by atoms with Gasteiger partial charge < -0.3 is 9.30 Å². The third-order valence-corrected chi connectivity index (χ3v) is 4.45. The molecule has 0 amide bonds. The van der Waals surface area contributed by atoms with Crippen molar-refractivity contribution in [1.82, 2.24) is 4.57 Å². The largest absolute Gasteiger partial charge is 0.466 e. The average Bonchev–Trinajstić information content (AvgIpc) is 2.64. The maximum atomic E-state index is 12.7. The molecule has 0 aliphatic carbocycles. The second-order valence-electron chi connectivity index (χ2n) is 6.13. The van der Waals surface area contributed by atoms with Gasteiger partial charge in [0.2, 0.25) is 0 Å². The van der Waals surface area contributed by atoms with E-state index < -0.39 is 0 Å². The van der Waals surface area contributed by atoms with Gasteiger partial charge in [-0.25, -0.2) is 0 Å². The Bertz CT molecular complexity index is 883. The van der Waals surface area contributed by atoms with E-state index in [0.29, 0.717) is 13.0 Å². The fourth-order valence-corrected chi connectivity index (χ4v) is 3.27. The first-order chi connectivity index (χ1) is 12.2. The lowest BCUT2D eigenvalue weighted by atomic mass is 10.1. The number of aromatic nitrogens is 1. The molecule has 0 saturated heterocycles. The van der Waals surface area contributed by atoms with Crippen molar-refractivity contribution in [2.24, 2.45) is 0 Å². The van der Waals surface area contributed by atoms with E-state index in [-0.39, 0.29) is 11.4 Å². The number of ether oxygens (including phenoxy) is 1. The molecule has 0 aliphatic rings. The highest BCUT2D eigenvalue weighted by molar-refractivity contribution is 5.93. The van der Waals surface area contributed by atoms with Gasteiger partial charge in [-0.3, -0.25) is 9.59 Å². The normalized spacial score (nSPS) is 11.1. The minimum Gasteiger partial charge on any atom is -0.466 e. The Kier molecular flexibility index (Phi) is 5.49. The number of para-hydroxylation sites is 2. The molecule has 25 heavy (non-hydrogen) atoms. The minimum absolute atomic E-state index is 0.0877. The fraction of sp³-hybridized carbons (Fsp3) is 0.333. The molecule has 0 radical (unpaired) electrons. The Balaban J connectivity index is 1.81. The quantitative estimate of drug-likeness (QED) is 0.367. The molecular formula is C21H23NO3. The Hall–Kier alpha value is -2.62. The summed E-state index contributed by atoms with van der Waals surface area (Å²) in [5, 5.41) is 1.51. The van der Waals surface area contributed by atoms with Crippen molar-refractivity contribution >= 4 is 27.8 Å². The highest BCUT2D eigenvalue weighted by Crippen LogP contribution is 2.20. The summed E-state index contributed by atoms with van der Waals surface area (Å²) in [6.07, 6.45) is 3.21. The summed E-state index contributed by atoms with van der Waals surface area (Å²) < 4.78 is 7.18. The lowest BCUT2D eigenvalue weighted by Gasteiger charge is -2.15. The number of hydrogen-bond acceptors (Lipinski definition) is 3. The molecule has 1 heterocycles. The van der Waals surface area contributed by atoms with Crippen LogP contribution in [0.4, 0.5) is 0 Å². The zero-order valence-electron chi connectivity index (χ0n) is 14.5. The molecule has 0 aliphatic heterocycles. The van der Waals surface area contributed by atoms with Gasteiger partial charge in [0.05, 0.1) is 17.6 Å². The number of benzene rings is 2. The van der Waals surface area contributed by atoms with E-state index in [1.165, 1.54) is 0 Å². The number of carbonyl (C=O) groups is 1. The van der Waals surface area contributed by atoms with Crippen LogP contribution >= 0.6 is 0 Å². The van der Waals surface area contributed by atoms with Crippen LogP contribution < -0.4 is 5.43 Å². The summed E-state index contributed by atoms with van der Waals surface area (Å²) in [5.74, 6) is -0.123. The predicted molar refractivity (Wildman–Crippen MR) is 101 cm³/mol. The summed E-state index contributed by atoms with van der Waals surface area (Å²) in [4.78, 5) is 24.1. The average molecular weight is 337 g/mol. The van der Waals surface area contributed by atoms with E-state index in [4.69, 9.17) is 4.74 Å². The van der Waals surface area contributed by atoms with Gasteiger partial charge in [0.15, 0.2) is 5.43 Å². The number of unbranched alkanes of at least 4 members (excludes halogenated alkanes) is 2. The number of fused-ring (bicyclic) bond motifs is 2. The molecule has 1 aromatic heterocycles. The van der Waals surface area contributed by atoms with Gasteiger partial charge in [-0.15, -0.1) is 0 Å². The maximum absolute atomic E-state index is 12.7. The first kappa shape index (κ1) is 17.2. The van der Waals surface area contributed by atoms with Crippen molar-refractivity contribution in [2.45, 2.75) is 39.2 Å². The molecule has 0 spiro atoms. The van der Waals surface area contributed by atoms with Crippen LogP contribution in [-0.4, -0.2) is 17.1 Å². The Labute approximate surface area is 147 Å². The van der Waals surface area contributed by atoms with E-state index in [1.807, 2.05) is 55.5 Å². The number of esters is 1. The zero-order chi connectivity index (χ0) is 17.6. The molecular weight excluding hydrogens is 314 g/mol. The predicted octanol–water partition coefficient (Wildman–Crippen LogP) is 4.28. The van der Waals surface area contributed by atoms with Gasteiger partial charge in [0.1, 0.15) is 0 Å². The number of carbonyl (C=O) groups excluding carboxylic acids is 1. The first-order valence-corrected chi connectivity index (χ1v) is 8.88. The number of pyridine rings is 1. The molecule has 3 aromatic rings. The molecule has 0 fully saturated rings. The lowest BCUT2D eigenvalue weighted by Crippen LogP contribution is -2.11. The third kappa shape index (κ3) is 3.73. The van der Waals surface area contributed by atoms with Gasteiger partial charge in [-0.2, -0.15) is 0 Å². The molecule has 3 rings (SSSR count). The molecule has 2 aromatic carbocycles. The second-order valence-corrected chi connectivity index (χ2v) is 6.13. The van der Waals surface area contributed by atoms with Gasteiger partial charge in [-0.05, 0) is 44.0 Å². The molecule has 0 unspecified atom stereocenters. The monoisotopic (exact) mass is 337 g/mol. The van der Waals surface area contributed by atoms with Crippen LogP contribution in [0.5, 0.6) is 0 Å². The second kappa shape index (κ2) is 7.97. The highest BCUT2D eigenvalue weighted by Gasteiger charge is 2.09. The van der Waals surface area contributed by atoms with E-state index in [9.17, 15) is 9.59 Å². The van der Waals surface area contributed by atoms with Gasteiger partial charge in [0.25, 0.3) is 0 Å². The van der Waals surface area contributed by atoms with Crippen LogP contribution in [0, 0.1) is 0 Å². The van der Waals surface area contributed by atoms with E-state index in [1.54, 1.807) is 0 Å². The molecule has 0 bridgehead atoms. The smallest absolute Gasteiger partial charge is 0.305 e. The number of rotatable bonds is 7. The van der Waals surface area contributed by atoms with Crippen LogP contribution in [0.3, 0.4) is 0 Å². The van der Waals surface area contributed by atoms with Gasteiger partial charge >= 0.3 is 5.97 Å². The molecule has 4 nitrogen and oxygen atoms in total. The Morgan fingerprint density at radius 2 is 1.52 bits per heavy atom. The summed E-state index contributed by atoms with van der Waals surface area (Å²) in [7, 11) is 0. The van der Waals surface area contributed by atoms with E-state index in [0.717, 1.165) is 47.6 Å². The number of aryl methyl sites for hydroxylation is 1. The molecule has 0 atom stereocenters. The number of hydrogen-bond donors (Lipinski definition) is 0. The summed E-state index contributed by atoms with van der Waals surface area (Å²) in [6.45, 7) is 3.09. The van der Waals surface area contributed by atoms with Crippen molar-refractivity contribution in [1.29, 1.82) is 0 Å². The first-order valence-electron chi connectivity index (χ1n) is 8.88. The van der Waals surface area contributed by atoms with Crippen molar-refractivity contribution in [3.63, 3.8) is 0 Å². The van der Waals surface area contributed by atoms with Crippen molar-refractivity contribution in [3.8, 4) is 0 Å². The highest BCUT2D eigenvalue weighted by atomic mass is 16.5. The molecule has 4 heteroatoms. The number of nitrogens with zero attached hydrogens (tertiary/aromatic N) is 1. The molecule has 130 valence electrons. The van der Waals surface area contributed by atoms with Crippen LogP contribution in [-0.2, 0) is 16.1 Å². The Morgan fingerprint density at radius 3 is 2.12 bits per heavy atom. The van der Waals surface area contributed by atoms with Crippen LogP contribution in [0.25, 0.3) is 21.8 Å². The van der Waals surface area contributed by atoms with E-state index >= 15 is 0 Å². The van der Waals surface area contributed by atoms with Crippen LogP contribution in [0.15, 0.2) is 53.3 Å². The zero-order valence-corrected chi connectivity index (χ0v) is 14.5. The van der Waals surface area contributed by atoms with Crippen LogP contribution in [0.2, 0.25) is 0 Å². The minimum atomic E-state index is -0.123.